The summed E-state index contributed by atoms with van der Waals surface area (Å²) >= 11 is 13.0. The third-order valence-corrected chi connectivity index (χ3v) is 5.87. The van der Waals surface area contributed by atoms with Gasteiger partial charge in [-0.25, -0.2) is 4.79 Å². The zero-order chi connectivity index (χ0) is 22.1. The van der Waals surface area contributed by atoms with E-state index in [1.165, 1.54) is 0 Å². The lowest BCUT2D eigenvalue weighted by atomic mass is 9.96. The van der Waals surface area contributed by atoms with E-state index in [9.17, 15) is 14.7 Å². The van der Waals surface area contributed by atoms with E-state index < -0.39 is 11.7 Å². The number of nitrogens with zero attached hydrogens (tertiary/aromatic N) is 1. The van der Waals surface area contributed by atoms with Crippen molar-refractivity contribution in [3.05, 3.63) is 72.9 Å². The molecule has 0 saturated carbocycles. The molecule has 1 aromatic heterocycles. The molecule has 8 nitrogen and oxygen atoms in total. The summed E-state index contributed by atoms with van der Waals surface area (Å²) in [6.07, 6.45) is 1.95. The standard InChI is InChI=1S/C21H19Cl2N3O5/c1-2-30-17-6-4-12-10(3-5-16(27)18(12)17)7-13-14(22)8-11(9-15(13)23)24-20(28)19-25-21(29)31-26-19/h3,5,8-9,17,27H,2,4,6-7H2,1H3,(H,24,28)(H,25,26,29). The maximum absolute atomic E-state index is 12.1. The highest BCUT2D eigenvalue weighted by Crippen LogP contribution is 2.43. The number of halogens is 2. The molecule has 3 N–H and O–H groups in total. The fourth-order valence-corrected chi connectivity index (χ4v) is 4.48. The van der Waals surface area contributed by atoms with Crippen LogP contribution in [0.3, 0.4) is 0 Å². The average molecular weight is 464 g/mol. The summed E-state index contributed by atoms with van der Waals surface area (Å²) in [5, 5.41) is 17.0. The molecule has 1 heterocycles. The van der Waals surface area contributed by atoms with Crippen molar-refractivity contribution in [3.63, 3.8) is 0 Å². The number of rotatable bonds is 6. The fraction of sp³-hybridized carbons (Fsp3) is 0.286. The monoisotopic (exact) mass is 463 g/mol. The summed E-state index contributed by atoms with van der Waals surface area (Å²) < 4.78 is 10.1. The molecule has 4 rings (SSSR count). The second-order valence-corrected chi connectivity index (χ2v) is 7.93. The number of anilines is 1. The Hall–Kier alpha value is -2.81. The SMILES string of the molecule is CCOC1CCc2c(Cc3c(Cl)cc(NC(=O)c4noc(=O)[nH]4)cc3Cl)ccc(O)c21. The van der Waals surface area contributed by atoms with Crippen LogP contribution in [0.25, 0.3) is 0 Å². The number of phenolic OH excluding ortho intramolecular Hbond substituents is 1. The van der Waals surface area contributed by atoms with Gasteiger partial charge in [0, 0.05) is 34.3 Å². The Morgan fingerprint density at radius 1 is 1.35 bits per heavy atom. The first-order valence-electron chi connectivity index (χ1n) is 9.67. The summed E-state index contributed by atoms with van der Waals surface area (Å²) in [6.45, 7) is 2.50. The number of nitrogens with one attached hydrogen (secondary N) is 2. The fourth-order valence-electron chi connectivity index (χ4n) is 3.86. The molecule has 1 aliphatic rings. The second kappa shape index (κ2) is 8.74. The van der Waals surface area contributed by atoms with Gasteiger partial charge in [-0.1, -0.05) is 29.3 Å². The molecule has 31 heavy (non-hydrogen) atoms. The number of aromatic nitrogens is 2. The summed E-state index contributed by atoms with van der Waals surface area (Å²) in [7, 11) is 0. The van der Waals surface area contributed by atoms with Crippen LogP contribution < -0.4 is 11.1 Å². The molecular formula is C21H19Cl2N3O5. The summed E-state index contributed by atoms with van der Waals surface area (Å²) in [4.78, 5) is 25.3. The number of ether oxygens (including phenoxy) is 1. The number of hydrogen-bond donors (Lipinski definition) is 3. The molecule has 0 fully saturated rings. The van der Waals surface area contributed by atoms with Gasteiger partial charge in [-0.05, 0) is 59.8 Å². The third-order valence-electron chi connectivity index (χ3n) is 5.20. The molecule has 162 valence electrons. The van der Waals surface area contributed by atoms with Gasteiger partial charge in [0.25, 0.3) is 5.91 Å². The minimum atomic E-state index is -0.829. The second-order valence-electron chi connectivity index (χ2n) is 7.11. The third kappa shape index (κ3) is 4.32. The predicted molar refractivity (Wildman–Crippen MR) is 115 cm³/mol. The zero-order valence-electron chi connectivity index (χ0n) is 16.5. The number of H-pyrrole nitrogens is 1. The maximum Gasteiger partial charge on any atom is 0.439 e. The van der Waals surface area contributed by atoms with E-state index >= 15 is 0 Å². The number of phenols is 1. The van der Waals surface area contributed by atoms with Crippen molar-refractivity contribution in [1.29, 1.82) is 0 Å². The van der Waals surface area contributed by atoms with Gasteiger partial charge in [-0.15, -0.1) is 0 Å². The normalized spacial score (nSPS) is 15.1. The van der Waals surface area contributed by atoms with E-state index in [-0.39, 0.29) is 17.7 Å². The minimum Gasteiger partial charge on any atom is -0.508 e. The highest BCUT2D eigenvalue weighted by molar-refractivity contribution is 6.36. The minimum absolute atomic E-state index is 0.119. The summed E-state index contributed by atoms with van der Waals surface area (Å²) in [6, 6.07) is 6.68. The van der Waals surface area contributed by atoms with E-state index in [0.717, 1.165) is 29.5 Å². The van der Waals surface area contributed by atoms with Gasteiger partial charge in [0.05, 0.1) is 6.10 Å². The quantitative estimate of drug-likeness (QED) is 0.502. The van der Waals surface area contributed by atoms with E-state index in [4.69, 9.17) is 27.9 Å². The van der Waals surface area contributed by atoms with Crippen LogP contribution in [0.4, 0.5) is 5.69 Å². The Labute approximate surface area is 187 Å². The lowest BCUT2D eigenvalue weighted by Gasteiger charge is -2.16. The first-order valence-corrected chi connectivity index (χ1v) is 10.4. The molecule has 1 unspecified atom stereocenters. The maximum atomic E-state index is 12.1. The van der Waals surface area contributed by atoms with Gasteiger partial charge < -0.3 is 15.2 Å². The number of carbonyl (C=O) groups excluding carboxylic acids is 1. The average Bonchev–Trinajstić information content (AvgIpc) is 3.34. The van der Waals surface area contributed by atoms with Crippen LogP contribution in [-0.2, 0) is 17.6 Å². The largest absolute Gasteiger partial charge is 0.508 e. The number of carbonyl (C=O) groups is 1. The number of benzene rings is 2. The van der Waals surface area contributed by atoms with Crippen LogP contribution in [0.1, 0.15) is 52.3 Å². The van der Waals surface area contributed by atoms with Gasteiger partial charge in [0.1, 0.15) is 5.75 Å². The number of hydrogen-bond acceptors (Lipinski definition) is 6. The van der Waals surface area contributed by atoms with Crippen LogP contribution in [0.2, 0.25) is 10.0 Å². The number of aromatic hydroxyl groups is 1. The Bertz CT molecular complexity index is 1180. The zero-order valence-corrected chi connectivity index (χ0v) is 18.0. The predicted octanol–water partition coefficient (Wildman–Crippen LogP) is 4.24. The Morgan fingerprint density at radius 2 is 2.10 bits per heavy atom. The van der Waals surface area contributed by atoms with E-state index in [1.807, 2.05) is 13.0 Å². The van der Waals surface area contributed by atoms with Crippen molar-refractivity contribution in [2.24, 2.45) is 0 Å². The van der Waals surface area contributed by atoms with Crippen molar-refractivity contribution >= 4 is 34.8 Å². The van der Waals surface area contributed by atoms with Crippen LogP contribution in [-0.4, -0.2) is 27.8 Å². The smallest absolute Gasteiger partial charge is 0.439 e. The Morgan fingerprint density at radius 3 is 2.74 bits per heavy atom. The van der Waals surface area contributed by atoms with Crippen molar-refractivity contribution in [2.45, 2.75) is 32.3 Å². The first-order chi connectivity index (χ1) is 14.9. The molecule has 2 aromatic carbocycles. The molecule has 0 aliphatic heterocycles. The molecule has 0 spiro atoms. The van der Waals surface area contributed by atoms with Crippen molar-refractivity contribution in [1.82, 2.24) is 10.1 Å². The number of amides is 1. The highest BCUT2D eigenvalue weighted by Gasteiger charge is 2.28. The number of aromatic amines is 1. The van der Waals surface area contributed by atoms with Gasteiger partial charge in [0.2, 0.25) is 5.82 Å². The topological polar surface area (TPSA) is 117 Å². The molecule has 1 aliphatic carbocycles. The van der Waals surface area contributed by atoms with E-state index in [0.29, 0.717) is 34.3 Å². The van der Waals surface area contributed by atoms with Crippen LogP contribution in [0.5, 0.6) is 5.75 Å². The van der Waals surface area contributed by atoms with Gasteiger partial charge in [-0.3, -0.25) is 14.3 Å². The molecule has 0 radical (unpaired) electrons. The van der Waals surface area contributed by atoms with Gasteiger partial charge in [0.15, 0.2) is 0 Å². The molecule has 1 amide bonds. The molecule has 1 atom stereocenters. The number of fused-ring (bicyclic) bond motifs is 1. The molecule has 0 saturated heterocycles. The van der Waals surface area contributed by atoms with E-state index in [1.54, 1.807) is 18.2 Å². The molecule has 3 aromatic rings. The van der Waals surface area contributed by atoms with Crippen molar-refractivity contribution in [2.75, 3.05) is 11.9 Å². The molecule has 10 heteroatoms. The Kier molecular flexibility index (Phi) is 6.04. The van der Waals surface area contributed by atoms with Gasteiger partial charge >= 0.3 is 5.76 Å². The van der Waals surface area contributed by atoms with Crippen molar-refractivity contribution in [3.8, 4) is 5.75 Å². The Balaban J connectivity index is 1.59. The van der Waals surface area contributed by atoms with E-state index in [2.05, 4.69) is 20.0 Å². The highest BCUT2D eigenvalue weighted by atomic mass is 35.5. The van der Waals surface area contributed by atoms with Crippen LogP contribution in [0.15, 0.2) is 33.6 Å². The van der Waals surface area contributed by atoms with Crippen molar-refractivity contribution < 1.29 is 19.2 Å². The summed E-state index contributed by atoms with van der Waals surface area (Å²) in [5.41, 5.74) is 3.94. The lowest BCUT2D eigenvalue weighted by Crippen LogP contribution is -2.15. The first kappa shape index (κ1) is 21.4. The molecular weight excluding hydrogens is 445 g/mol. The van der Waals surface area contributed by atoms with Crippen LogP contribution in [0, 0.1) is 0 Å². The van der Waals surface area contributed by atoms with Gasteiger partial charge in [-0.2, -0.15) is 0 Å². The van der Waals surface area contributed by atoms with Crippen LogP contribution >= 0.6 is 23.2 Å². The lowest BCUT2D eigenvalue weighted by molar-refractivity contribution is 0.0625. The summed E-state index contributed by atoms with van der Waals surface area (Å²) in [5.74, 6) is -1.52. The molecule has 0 bridgehead atoms.